The molecule has 1 aliphatic rings. The number of benzene rings is 1. The van der Waals surface area contributed by atoms with E-state index in [9.17, 15) is 4.79 Å². The van der Waals surface area contributed by atoms with Crippen LogP contribution in [0, 0.1) is 12.8 Å². The number of carbonyl (C=O) groups is 1. The van der Waals surface area contributed by atoms with Crippen LogP contribution in [0.4, 0.5) is 10.5 Å². The first-order valence-corrected chi connectivity index (χ1v) is 6.91. The molecule has 0 aromatic heterocycles. The summed E-state index contributed by atoms with van der Waals surface area (Å²) in [6, 6.07) is 5.38. The second kappa shape index (κ2) is 6.26. The number of hydrogen-bond acceptors (Lipinski definition) is 2. The number of nitrogens with zero attached hydrogens (tertiary/aromatic N) is 1. The third kappa shape index (κ3) is 3.39. The lowest BCUT2D eigenvalue weighted by Gasteiger charge is -2.31. The number of urea groups is 1. The van der Waals surface area contributed by atoms with Gasteiger partial charge in [-0.05, 0) is 43.4 Å². The first kappa shape index (κ1) is 14.2. The SMILES string of the molecule is Cc1c(Cl)cccc1NC(=O)N1CCC(CO)CC1. The number of likely N-dealkylation sites (tertiary alicyclic amines) is 1. The van der Waals surface area contributed by atoms with Crippen molar-refractivity contribution in [3.05, 3.63) is 28.8 Å². The van der Waals surface area contributed by atoms with E-state index >= 15 is 0 Å². The molecule has 104 valence electrons. The van der Waals surface area contributed by atoms with E-state index in [0.717, 1.165) is 24.1 Å². The van der Waals surface area contributed by atoms with Crippen molar-refractivity contribution in [2.75, 3.05) is 25.0 Å². The van der Waals surface area contributed by atoms with E-state index in [1.165, 1.54) is 0 Å². The summed E-state index contributed by atoms with van der Waals surface area (Å²) >= 11 is 6.03. The van der Waals surface area contributed by atoms with Crippen molar-refractivity contribution in [3.8, 4) is 0 Å². The van der Waals surface area contributed by atoms with Crippen LogP contribution < -0.4 is 5.32 Å². The van der Waals surface area contributed by atoms with E-state index in [4.69, 9.17) is 16.7 Å². The fraction of sp³-hybridized carbons (Fsp3) is 0.500. The summed E-state index contributed by atoms with van der Waals surface area (Å²) < 4.78 is 0. The largest absolute Gasteiger partial charge is 0.396 e. The maximum atomic E-state index is 12.1. The van der Waals surface area contributed by atoms with Gasteiger partial charge in [0.25, 0.3) is 0 Å². The lowest BCUT2D eigenvalue weighted by Crippen LogP contribution is -2.41. The van der Waals surface area contributed by atoms with E-state index in [-0.39, 0.29) is 12.6 Å². The molecule has 1 aliphatic heterocycles. The minimum Gasteiger partial charge on any atom is -0.396 e. The number of carbonyl (C=O) groups excluding carboxylic acids is 1. The van der Waals surface area contributed by atoms with Crippen molar-refractivity contribution < 1.29 is 9.90 Å². The molecular formula is C14H19ClN2O2. The van der Waals surface area contributed by atoms with Gasteiger partial charge >= 0.3 is 6.03 Å². The molecule has 1 aromatic rings. The number of halogens is 1. The Kier molecular flexibility index (Phi) is 4.66. The van der Waals surface area contributed by atoms with Crippen LogP contribution >= 0.6 is 11.6 Å². The lowest BCUT2D eigenvalue weighted by atomic mass is 9.98. The molecule has 2 rings (SSSR count). The zero-order valence-corrected chi connectivity index (χ0v) is 11.8. The molecule has 2 N–H and O–H groups in total. The molecule has 1 heterocycles. The zero-order valence-electron chi connectivity index (χ0n) is 11.0. The van der Waals surface area contributed by atoms with E-state index in [2.05, 4.69) is 5.32 Å². The smallest absolute Gasteiger partial charge is 0.321 e. The third-order valence-corrected chi connectivity index (χ3v) is 4.08. The molecule has 2 amide bonds. The van der Waals surface area contributed by atoms with Crippen LogP contribution in [0.2, 0.25) is 5.02 Å². The Labute approximate surface area is 118 Å². The van der Waals surface area contributed by atoms with Gasteiger partial charge in [0, 0.05) is 30.4 Å². The molecule has 0 spiro atoms. The second-order valence-corrected chi connectivity index (χ2v) is 5.36. The third-order valence-electron chi connectivity index (χ3n) is 3.67. The van der Waals surface area contributed by atoms with Crippen LogP contribution in [0.25, 0.3) is 0 Å². The minimum atomic E-state index is -0.0956. The first-order chi connectivity index (χ1) is 9.11. The molecule has 0 saturated carbocycles. The van der Waals surface area contributed by atoms with Gasteiger partial charge in [0.2, 0.25) is 0 Å². The number of aliphatic hydroxyl groups excluding tert-OH is 1. The molecule has 1 aromatic carbocycles. The van der Waals surface area contributed by atoms with Crippen molar-refractivity contribution >= 4 is 23.3 Å². The van der Waals surface area contributed by atoms with Crippen molar-refractivity contribution in [1.82, 2.24) is 4.90 Å². The Hall–Kier alpha value is -1.26. The molecule has 5 heteroatoms. The Morgan fingerprint density at radius 2 is 2.16 bits per heavy atom. The van der Waals surface area contributed by atoms with Crippen molar-refractivity contribution in [3.63, 3.8) is 0 Å². The van der Waals surface area contributed by atoms with Gasteiger partial charge in [-0.25, -0.2) is 4.79 Å². The highest BCUT2D eigenvalue weighted by Crippen LogP contribution is 2.24. The van der Waals surface area contributed by atoms with Gasteiger partial charge in [0.1, 0.15) is 0 Å². The number of piperidine rings is 1. The molecular weight excluding hydrogens is 264 g/mol. The van der Waals surface area contributed by atoms with Crippen molar-refractivity contribution in [1.29, 1.82) is 0 Å². The molecule has 19 heavy (non-hydrogen) atoms. The highest BCUT2D eigenvalue weighted by atomic mass is 35.5. The molecule has 0 bridgehead atoms. The highest BCUT2D eigenvalue weighted by Gasteiger charge is 2.22. The van der Waals surface area contributed by atoms with E-state index < -0.39 is 0 Å². The standard InChI is InChI=1S/C14H19ClN2O2/c1-10-12(15)3-2-4-13(10)16-14(19)17-7-5-11(9-18)6-8-17/h2-4,11,18H,5-9H2,1H3,(H,16,19). The monoisotopic (exact) mass is 282 g/mol. The molecule has 0 radical (unpaired) electrons. The predicted octanol–water partition coefficient (Wildman–Crippen LogP) is 2.88. The predicted molar refractivity (Wildman–Crippen MR) is 76.6 cm³/mol. The van der Waals surface area contributed by atoms with Crippen LogP contribution in [-0.2, 0) is 0 Å². The fourth-order valence-electron chi connectivity index (χ4n) is 2.26. The van der Waals surface area contributed by atoms with Crippen LogP contribution in [-0.4, -0.2) is 35.7 Å². The topological polar surface area (TPSA) is 52.6 Å². The van der Waals surface area contributed by atoms with Crippen molar-refractivity contribution in [2.24, 2.45) is 5.92 Å². The van der Waals surface area contributed by atoms with Crippen LogP contribution in [0.3, 0.4) is 0 Å². The molecule has 0 atom stereocenters. The molecule has 0 aliphatic carbocycles. The van der Waals surface area contributed by atoms with Crippen molar-refractivity contribution in [2.45, 2.75) is 19.8 Å². The molecule has 4 nitrogen and oxygen atoms in total. The van der Waals surface area contributed by atoms with E-state index in [0.29, 0.717) is 24.0 Å². The Bertz CT molecular complexity index is 457. The highest BCUT2D eigenvalue weighted by molar-refractivity contribution is 6.31. The molecule has 0 unspecified atom stereocenters. The summed E-state index contributed by atoms with van der Waals surface area (Å²) in [6.45, 7) is 3.48. The number of aliphatic hydroxyl groups is 1. The van der Waals surface area contributed by atoms with Gasteiger partial charge in [0.05, 0.1) is 0 Å². The normalized spacial score (nSPS) is 16.5. The van der Waals surface area contributed by atoms with Crippen LogP contribution in [0.5, 0.6) is 0 Å². The average molecular weight is 283 g/mol. The fourth-order valence-corrected chi connectivity index (χ4v) is 2.43. The molecule has 1 saturated heterocycles. The van der Waals surface area contributed by atoms with Gasteiger partial charge in [0.15, 0.2) is 0 Å². The number of nitrogens with one attached hydrogen (secondary N) is 1. The number of hydrogen-bond donors (Lipinski definition) is 2. The Morgan fingerprint density at radius 3 is 2.79 bits per heavy atom. The zero-order chi connectivity index (χ0) is 13.8. The summed E-state index contributed by atoms with van der Waals surface area (Å²) in [5.74, 6) is 0.331. The summed E-state index contributed by atoms with van der Waals surface area (Å²) in [5, 5.41) is 12.6. The van der Waals surface area contributed by atoms with Gasteiger partial charge in [-0.15, -0.1) is 0 Å². The number of rotatable bonds is 2. The second-order valence-electron chi connectivity index (χ2n) is 4.96. The maximum absolute atomic E-state index is 12.1. The Morgan fingerprint density at radius 1 is 1.47 bits per heavy atom. The van der Waals surface area contributed by atoms with Crippen LogP contribution in [0.1, 0.15) is 18.4 Å². The summed E-state index contributed by atoms with van der Waals surface area (Å²) in [7, 11) is 0. The van der Waals surface area contributed by atoms with Gasteiger partial charge in [-0.3, -0.25) is 0 Å². The van der Waals surface area contributed by atoms with Gasteiger partial charge in [-0.1, -0.05) is 17.7 Å². The van der Waals surface area contributed by atoms with Gasteiger partial charge in [-0.2, -0.15) is 0 Å². The average Bonchev–Trinajstić information content (AvgIpc) is 2.44. The minimum absolute atomic E-state index is 0.0956. The summed E-state index contributed by atoms with van der Waals surface area (Å²) in [4.78, 5) is 13.9. The Balaban J connectivity index is 1.96. The molecule has 1 fully saturated rings. The summed E-state index contributed by atoms with van der Waals surface area (Å²) in [6.07, 6.45) is 1.72. The van der Waals surface area contributed by atoms with E-state index in [1.807, 2.05) is 19.1 Å². The summed E-state index contributed by atoms with van der Waals surface area (Å²) in [5.41, 5.74) is 1.63. The van der Waals surface area contributed by atoms with E-state index in [1.54, 1.807) is 11.0 Å². The maximum Gasteiger partial charge on any atom is 0.321 e. The number of anilines is 1. The van der Waals surface area contributed by atoms with Crippen LogP contribution in [0.15, 0.2) is 18.2 Å². The first-order valence-electron chi connectivity index (χ1n) is 6.53. The number of amides is 2. The van der Waals surface area contributed by atoms with Gasteiger partial charge < -0.3 is 15.3 Å². The quantitative estimate of drug-likeness (QED) is 0.876. The lowest BCUT2D eigenvalue weighted by molar-refractivity contribution is 0.143.